The van der Waals surface area contributed by atoms with Gasteiger partial charge in [0.1, 0.15) is 10.7 Å². The van der Waals surface area contributed by atoms with Gasteiger partial charge >= 0.3 is 0 Å². The molecule has 140 valence electrons. The SMILES string of the molecule is NC(=O)c1cc(-c2ccccc2)cc2c(-c3ccc(C[SH](=O)=O)cc3)c[nH]c12. The van der Waals surface area contributed by atoms with Gasteiger partial charge in [-0.1, -0.05) is 54.6 Å². The van der Waals surface area contributed by atoms with Crippen molar-refractivity contribution in [2.45, 2.75) is 5.75 Å². The monoisotopic (exact) mass is 390 g/mol. The van der Waals surface area contributed by atoms with Crippen LogP contribution in [0.1, 0.15) is 15.9 Å². The molecule has 6 heteroatoms. The molecule has 0 aliphatic heterocycles. The predicted octanol–water partition coefficient (Wildman–Crippen LogP) is 3.71. The summed E-state index contributed by atoms with van der Waals surface area (Å²) in [5.74, 6) is -0.473. The van der Waals surface area contributed by atoms with E-state index in [0.717, 1.165) is 33.2 Å². The number of hydrogen-bond donors (Lipinski definition) is 3. The zero-order chi connectivity index (χ0) is 19.7. The maximum atomic E-state index is 12.0. The second kappa shape index (κ2) is 7.32. The quantitative estimate of drug-likeness (QED) is 0.454. The molecule has 1 heterocycles. The predicted molar refractivity (Wildman–Crippen MR) is 112 cm³/mol. The minimum absolute atomic E-state index is 0.0213. The van der Waals surface area contributed by atoms with Crippen molar-refractivity contribution < 1.29 is 13.2 Å². The molecule has 1 aromatic heterocycles. The van der Waals surface area contributed by atoms with Crippen molar-refractivity contribution in [3.63, 3.8) is 0 Å². The Bertz CT molecular complexity index is 1230. The highest BCUT2D eigenvalue weighted by molar-refractivity contribution is 7.71. The van der Waals surface area contributed by atoms with Gasteiger partial charge < -0.3 is 10.7 Å². The summed E-state index contributed by atoms with van der Waals surface area (Å²) in [5, 5.41) is 0.887. The standard InChI is InChI=1S/C22H18N2O3S/c23-22(25)19-11-17(15-4-2-1-3-5-15)10-18-20(12-24-21(18)19)16-8-6-14(7-9-16)13-28(26)27/h1-12,24,28H,13H2,(H2,23,25). The lowest BCUT2D eigenvalue weighted by Crippen LogP contribution is -2.11. The number of aromatic amines is 1. The van der Waals surface area contributed by atoms with E-state index >= 15 is 0 Å². The number of nitrogens with one attached hydrogen (secondary N) is 1. The molecule has 0 saturated heterocycles. The van der Waals surface area contributed by atoms with E-state index in [-0.39, 0.29) is 5.75 Å². The number of carbonyl (C=O) groups excluding carboxylic acids is 1. The topological polar surface area (TPSA) is 93.0 Å². The zero-order valence-corrected chi connectivity index (χ0v) is 15.8. The van der Waals surface area contributed by atoms with E-state index in [1.807, 2.05) is 54.7 Å². The molecule has 4 aromatic rings. The van der Waals surface area contributed by atoms with Gasteiger partial charge in [0.2, 0.25) is 0 Å². The number of carbonyl (C=O) groups is 1. The number of aromatic nitrogens is 1. The summed E-state index contributed by atoms with van der Waals surface area (Å²) in [6.45, 7) is 0. The van der Waals surface area contributed by atoms with Crippen LogP contribution in [0.4, 0.5) is 0 Å². The summed E-state index contributed by atoms with van der Waals surface area (Å²) < 4.78 is 21.8. The number of amides is 1. The highest BCUT2D eigenvalue weighted by Gasteiger charge is 2.15. The Morgan fingerprint density at radius 1 is 0.893 bits per heavy atom. The normalized spacial score (nSPS) is 11.2. The van der Waals surface area contributed by atoms with Crippen LogP contribution < -0.4 is 5.73 Å². The fourth-order valence-electron chi connectivity index (χ4n) is 3.40. The van der Waals surface area contributed by atoms with Gasteiger partial charge in [-0.25, -0.2) is 8.42 Å². The number of nitrogens with two attached hydrogens (primary N) is 1. The van der Waals surface area contributed by atoms with E-state index in [4.69, 9.17) is 5.73 Å². The lowest BCUT2D eigenvalue weighted by atomic mass is 9.96. The summed E-state index contributed by atoms with van der Waals surface area (Å²) in [6.07, 6.45) is 1.84. The molecule has 0 aliphatic carbocycles. The Labute approximate surface area is 163 Å². The van der Waals surface area contributed by atoms with E-state index in [2.05, 4.69) is 4.98 Å². The van der Waals surface area contributed by atoms with Gasteiger partial charge in [0, 0.05) is 17.1 Å². The van der Waals surface area contributed by atoms with Crippen molar-refractivity contribution in [3.8, 4) is 22.3 Å². The lowest BCUT2D eigenvalue weighted by Gasteiger charge is -2.08. The smallest absolute Gasteiger partial charge is 0.250 e. The maximum absolute atomic E-state index is 12.0. The van der Waals surface area contributed by atoms with Gasteiger partial charge in [0.05, 0.1) is 16.8 Å². The Balaban J connectivity index is 1.88. The Hall–Kier alpha value is -3.38. The summed E-state index contributed by atoms with van der Waals surface area (Å²) in [4.78, 5) is 15.2. The number of fused-ring (bicyclic) bond motifs is 1. The second-order valence-corrected chi connectivity index (χ2v) is 7.55. The van der Waals surface area contributed by atoms with E-state index in [1.165, 1.54) is 0 Å². The van der Waals surface area contributed by atoms with Crippen molar-refractivity contribution in [3.05, 3.63) is 84.1 Å². The van der Waals surface area contributed by atoms with Crippen LogP contribution in [0.15, 0.2) is 72.9 Å². The first-order chi connectivity index (χ1) is 13.5. The molecule has 3 N–H and O–H groups in total. The minimum Gasteiger partial charge on any atom is -0.366 e. The fourth-order valence-corrected chi connectivity index (χ4v) is 3.91. The van der Waals surface area contributed by atoms with Crippen LogP contribution in [0, 0.1) is 0 Å². The second-order valence-electron chi connectivity index (χ2n) is 6.57. The lowest BCUT2D eigenvalue weighted by molar-refractivity contribution is 0.100. The molecule has 1 amide bonds. The molecular formula is C22H18N2O3S. The molecule has 0 radical (unpaired) electrons. The summed E-state index contributed by atoms with van der Waals surface area (Å²) in [7, 11) is -2.46. The number of hydrogen-bond acceptors (Lipinski definition) is 3. The molecule has 0 fully saturated rings. The first-order valence-electron chi connectivity index (χ1n) is 8.74. The molecule has 0 unspecified atom stereocenters. The van der Waals surface area contributed by atoms with Gasteiger partial charge in [-0.3, -0.25) is 4.79 Å². The first-order valence-corrected chi connectivity index (χ1v) is 10.1. The van der Waals surface area contributed by atoms with Crippen LogP contribution in [0.25, 0.3) is 33.2 Å². The maximum Gasteiger partial charge on any atom is 0.250 e. The number of rotatable bonds is 5. The third-order valence-electron chi connectivity index (χ3n) is 4.74. The van der Waals surface area contributed by atoms with Crippen LogP contribution >= 0.6 is 0 Å². The van der Waals surface area contributed by atoms with Crippen molar-refractivity contribution in [2.24, 2.45) is 5.73 Å². The molecule has 0 atom stereocenters. The van der Waals surface area contributed by atoms with E-state index in [9.17, 15) is 13.2 Å². The molecular weight excluding hydrogens is 372 g/mol. The van der Waals surface area contributed by atoms with Gasteiger partial charge in [0.25, 0.3) is 5.91 Å². The summed E-state index contributed by atoms with van der Waals surface area (Å²) >= 11 is 0. The molecule has 0 saturated carbocycles. The van der Waals surface area contributed by atoms with Crippen LogP contribution in [0.2, 0.25) is 0 Å². The number of thiol groups is 1. The molecule has 5 nitrogen and oxygen atoms in total. The zero-order valence-electron chi connectivity index (χ0n) is 14.9. The molecule has 0 bridgehead atoms. The summed E-state index contributed by atoms with van der Waals surface area (Å²) in [5.41, 5.74) is 11.2. The molecule has 4 rings (SSSR count). The molecule has 3 aromatic carbocycles. The number of primary amides is 1. The van der Waals surface area contributed by atoms with Crippen molar-refractivity contribution in [1.29, 1.82) is 0 Å². The highest BCUT2D eigenvalue weighted by atomic mass is 32.2. The van der Waals surface area contributed by atoms with Crippen molar-refractivity contribution in [1.82, 2.24) is 4.98 Å². The van der Waals surface area contributed by atoms with E-state index in [0.29, 0.717) is 11.1 Å². The van der Waals surface area contributed by atoms with Gasteiger partial charge in [0.15, 0.2) is 0 Å². The molecule has 0 aliphatic rings. The number of benzene rings is 3. The first kappa shape index (κ1) is 18.0. The Morgan fingerprint density at radius 3 is 2.25 bits per heavy atom. The fraction of sp³-hybridized carbons (Fsp3) is 0.0455. The average molecular weight is 390 g/mol. The largest absolute Gasteiger partial charge is 0.366 e. The van der Waals surface area contributed by atoms with E-state index in [1.54, 1.807) is 18.2 Å². The molecule has 0 spiro atoms. The Kier molecular flexibility index (Phi) is 4.71. The third-order valence-corrected chi connectivity index (χ3v) is 5.36. The average Bonchev–Trinajstić information content (AvgIpc) is 3.12. The van der Waals surface area contributed by atoms with Crippen LogP contribution in [-0.2, 0) is 16.5 Å². The van der Waals surface area contributed by atoms with E-state index < -0.39 is 16.6 Å². The van der Waals surface area contributed by atoms with Crippen molar-refractivity contribution in [2.75, 3.05) is 0 Å². The van der Waals surface area contributed by atoms with Gasteiger partial charge in [-0.15, -0.1) is 0 Å². The van der Waals surface area contributed by atoms with Crippen LogP contribution in [0.3, 0.4) is 0 Å². The minimum atomic E-state index is -2.46. The van der Waals surface area contributed by atoms with Crippen LogP contribution in [0.5, 0.6) is 0 Å². The molecule has 28 heavy (non-hydrogen) atoms. The van der Waals surface area contributed by atoms with Crippen LogP contribution in [-0.4, -0.2) is 19.3 Å². The van der Waals surface area contributed by atoms with Crippen molar-refractivity contribution >= 4 is 27.5 Å². The number of H-pyrrole nitrogens is 1. The Morgan fingerprint density at radius 2 is 1.61 bits per heavy atom. The van der Waals surface area contributed by atoms with Gasteiger partial charge in [-0.2, -0.15) is 0 Å². The highest BCUT2D eigenvalue weighted by Crippen LogP contribution is 2.34. The third kappa shape index (κ3) is 3.42. The summed E-state index contributed by atoms with van der Waals surface area (Å²) in [6, 6.07) is 21.0. The van der Waals surface area contributed by atoms with Gasteiger partial charge in [-0.05, 0) is 34.4 Å².